The second-order valence-electron chi connectivity index (χ2n) is 6.51. The zero-order chi connectivity index (χ0) is 18.7. The molecule has 0 aromatic heterocycles. The van der Waals surface area contributed by atoms with Crippen LogP contribution in [0.1, 0.15) is 28.8 Å². The summed E-state index contributed by atoms with van der Waals surface area (Å²) in [5.74, 6) is -0.0221. The molecule has 0 saturated carbocycles. The van der Waals surface area contributed by atoms with Gasteiger partial charge >= 0.3 is 0 Å². The molecule has 1 fully saturated rings. The number of piperidine rings is 1. The monoisotopic (exact) mass is 436 g/mol. The molecule has 5 nitrogen and oxygen atoms in total. The van der Waals surface area contributed by atoms with E-state index in [1.54, 1.807) is 41.3 Å². The Labute approximate surface area is 162 Å². The number of likely N-dealkylation sites (tertiary alicyclic amines) is 1. The number of hydrogen-bond donors (Lipinski definition) is 1. The molecule has 2 aromatic carbocycles. The van der Waals surface area contributed by atoms with Crippen LogP contribution in [-0.4, -0.2) is 38.4 Å². The van der Waals surface area contributed by atoms with Crippen molar-refractivity contribution in [3.8, 4) is 0 Å². The molecule has 0 aliphatic carbocycles. The first-order valence-electron chi connectivity index (χ1n) is 8.49. The smallest absolute Gasteiger partial charge is 0.253 e. The van der Waals surface area contributed by atoms with E-state index in [-0.39, 0.29) is 16.8 Å². The lowest BCUT2D eigenvalue weighted by molar-refractivity contribution is 0.0711. The molecule has 138 valence electrons. The summed E-state index contributed by atoms with van der Waals surface area (Å²) in [4.78, 5) is 14.6. The van der Waals surface area contributed by atoms with Gasteiger partial charge in [-0.1, -0.05) is 39.7 Å². The number of rotatable bonds is 4. The van der Waals surface area contributed by atoms with E-state index in [0.29, 0.717) is 31.5 Å². The standard InChI is InChI=1S/C19H21BrN2O3S/c1-14-5-7-18(8-6-14)26(24,25)21-17-9-11-22(12-10-17)19(23)15-3-2-4-16(20)13-15/h2-8,13,17,21H,9-12H2,1H3. The highest BCUT2D eigenvalue weighted by Crippen LogP contribution is 2.19. The molecule has 7 heteroatoms. The Morgan fingerprint density at radius 1 is 1.12 bits per heavy atom. The topological polar surface area (TPSA) is 66.5 Å². The zero-order valence-electron chi connectivity index (χ0n) is 14.5. The van der Waals surface area contributed by atoms with Gasteiger partial charge in [-0.25, -0.2) is 13.1 Å². The molecule has 3 rings (SSSR count). The van der Waals surface area contributed by atoms with Crippen molar-refractivity contribution in [2.24, 2.45) is 0 Å². The minimum atomic E-state index is -3.53. The Balaban J connectivity index is 1.60. The second-order valence-corrected chi connectivity index (χ2v) is 9.14. The third-order valence-corrected chi connectivity index (χ3v) is 6.54. The first kappa shape index (κ1) is 19.1. The number of carbonyl (C=O) groups excluding carboxylic acids is 1. The summed E-state index contributed by atoms with van der Waals surface area (Å²) in [5, 5.41) is 0. The van der Waals surface area contributed by atoms with E-state index in [4.69, 9.17) is 0 Å². The summed E-state index contributed by atoms with van der Waals surface area (Å²) < 4.78 is 28.6. The lowest BCUT2D eigenvalue weighted by atomic mass is 10.0. The fourth-order valence-electron chi connectivity index (χ4n) is 3.01. The number of amides is 1. The van der Waals surface area contributed by atoms with Crippen LogP contribution in [0.4, 0.5) is 0 Å². The van der Waals surface area contributed by atoms with Crippen LogP contribution in [0.3, 0.4) is 0 Å². The predicted molar refractivity (Wildman–Crippen MR) is 105 cm³/mol. The van der Waals surface area contributed by atoms with Gasteiger partial charge in [-0.3, -0.25) is 4.79 Å². The van der Waals surface area contributed by atoms with Crippen LogP contribution in [0.5, 0.6) is 0 Å². The SMILES string of the molecule is Cc1ccc(S(=O)(=O)NC2CCN(C(=O)c3cccc(Br)c3)CC2)cc1. The Bertz CT molecular complexity index is 889. The fraction of sp³-hybridized carbons (Fsp3) is 0.316. The number of aryl methyl sites for hydroxylation is 1. The minimum Gasteiger partial charge on any atom is -0.339 e. The third kappa shape index (κ3) is 4.52. The van der Waals surface area contributed by atoms with Crippen LogP contribution in [-0.2, 0) is 10.0 Å². The van der Waals surface area contributed by atoms with Crippen molar-refractivity contribution in [2.75, 3.05) is 13.1 Å². The number of nitrogens with zero attached hydrogens (tertiary/aromatic N) is 1. The largest absolute Gasteiger partial charge is 0.339 e. The van der Waals surface area contributed by atoms with E-state index in [2.05, 4.69) is 20.7 Å². The van der Waals surface area contributed by atoms with E-state index in [0.717, 1.165) is 10.0 Å². The van der Waals surface area contributed by atoms with Gasteiger partial charge in [0.25, 0.3) is 5.91 Å². The first-order valence-corrected chi connectivity index (χ1v) is 10.8. The van der Waals surface area contributed by atoms with Crippen molar-refractivity contribution in [3.05, 3.63) is 64.1 Å². The molecule has 0 atom stereocenters. The van der Waals surface area contributed by atoms with Gasteiger partial charge in [-0.05, 0) is 50.1 Å². The lowest BCUT2D eigenvalue weighted by Crippen LogP contribution is -2.46. The first-order chi connectivity index (χ1) is 12.3. The van der Waals surface area contributed by atoms with Gasteiger partial charge in [0, 0.05) is 29.2 Å². The maximum atomic E-state index is 12.6. The summed E-state index contributed by atoms with van der Waals surface area (Å²) in [6, 6.07) is 13.9. The Morgan fingerprint density at radius 2 is 1.77 bits per heavy atom. The maximum Gasteiger partial charge on any atom is 0.253 e. The van der Waals surface area contributed by atoms with Gasteiger partial charge in [0.05, 0.1) is 4.90 Å². The van der Waals surface area contributed by atoms with Crippen LogP contribution < -0.4 is 4.72 Å². The average Bonchev–Trinajstić information content (AvgIpc) is 2.62. The van der Waals surface area contributed by atoms with E-state index < -0.39 is 10.0 Å². The molecule has 0 bridgehead atoms. The van der Waals surface area contributed by atoms with Gasteiger partial charge in [0.1, 0.15) is 0 Å². The Hall–Kier alpha value is -1.70. The van der Waals surface area contributed by atoms with Crippen LogP contribution >= 0.6 is 15.9 Å². The molecule has 0 radical (unpaired) electrons. The maximum absolute atomic E-state index is 12.6. The molecule has 0 spiro atoms. The zero-order valence-corrected chi connectivity index (χ0v) is 16.9. The molecule has 1 N–H and O–H groups in total. The lowest BCUT2D eigenvalue weighted by Gasteiger charge is -2.32. The summed E-state index contributed by atoms with van der Waals surface area (Å²) >= 11 is 3.38. The molecule has 1 amide bonds. The molecular formula is C19H21BrN2O3S. The highest BCUT2D eigenvalue weighted by atomic mass is 79.9. The molecule has 1 aliphatic rings. The fourth-order valence-corrected chi connectivity index (χ4v) is 4.71. The molecule has 26 heavy (non-hydrogen) atoms. The van der Waals surface area contributed by atoms with Crippen molar-refractivity contribution >= 4 is 31.9 Å². The third-order valence-electron chi connectivity index (χ3n) is 4.51. The second kappa shape index (κ2) is 7.90. The summed E-state index contributed by atoms with van der Waals surface area (Å²) in [5.41, 5.74) is 1.65. The number of nitrogens with one attached hydrogen (secondary N) is 1. The quantitative estimate of drug-likeness (QED) is 0.798. The van der Waals surface area contributed by atoms with Crippen molar-refractivity contribution < 1.29 is 13.2 Å². The summed E-state index contributed by atoms with van der Waals surface area (Å²) in [6.07, 6.45) is 1.20. The molecular weight excluding hydrogens is 416 g/mol. The summed E-state index contributed by atoms with van der Waals surface area (Å²) in [7, 11) is -3.53. The van der Waals surface area contributed by atoms with E-state index in [1.165, 1.54) is 0 Å². The van der Waals surface area contributed by atoms with Crippen LogP contribution in [0.25, 0.3) is 0 Å². The molecule has 1 aliphatic heterocycles. The predicted octanol–water partition coefficient (Wildman–Crippen LogP) is 3.34. The van der Waals surface area contributed by atoms with Crippen LogP contribution in [0.15, 0.2) is 57.9 Å². The van der Waals surface area contributed by atoms with Crippen molar-refractivity contribution in [3.63, 3.8) is 0 Å². The van der Waals surface area contributed by atoms with Gasteiger partial charge < -0.3 is 4.90 Å². The van der Waals surface area contributed by atoms with Crippen LogP contribution in [0.2, 0.25) is 0 Å². The van der Waals surface area contributed by atoms with Gasteiger partial charge in [0.15, 0.2) is 0 Å². The van der Waals surface area contributed by atoms with E-state index in [1.807, 2.05) is 19.1 Å². The molecule has 1 heterocycles. The Kier molecular flexibility index (Phi) is 5.79. The minimum absolute atomic E-state index is 0.0221. The molecule has 1 saturated heterocycles. The number of halogens is 1. The van der Waals surface area contributed by atoms with Crippen molar-refractivity contribution in [2.45, 2.75) is 30.7 Å². The highest BCUT2D eigenvalue weighted by Gasteiger charge is 2.27. The van der Waals surface area contributed by atoms with Crippen LogP contribution in [0, 0.1) is 6.92 Å². The van der Waals surface area contributed by atoms with Gasteiger partial charge in [-0.2, -0.15) is 0 Å². The summed E-state index contributed by atoms with van der Waals surface area (Å²) in [6.45, 7) is 2.99. The molecule has 2 aromatic rings. The Morgan fingerprint density at radius 3 is 2.38 bits per heavy atom. The van der Waals surface area contributed by atoms with Gasteiger partial charge in [0.2, 0.25) is 10.0 Å². The van der Waals surface area contributed by atoms with Gasteiger partial charge in [-0.15, -0.1) is 0 Å². The highest BCUT2D eigenvalue weighted by molar-refractivity contribution is 9.10. The number of hydrogen-bond acceptors (Lipinski definition) is 3. The van der Waals surface area contributed by atoms with E-state index >= 15 is 0 Å². The molecule has 0 unspecified atom stereocenters. The number of sulfonamides is 1. The van der Waals surface area contributed by atoms with E-state index in [9.17, 15) is 13.2 Å². The average molecular weight is 437 g/mol. The number of carbonyl (C=O) groups is 1. The van der Waals surface area contributed by atoms with Crippen molar-refractivity contribution in [1.82, 2.24) is 9.62 Å². The normalized spacial score (nSPS) is 15.8. The number of benzene rings is 2. The van der Waals surface area contributed by atoms with Crippen molar-refractivity contribution in [1.29, 1.82) is 0 Å².